The van der Waals surface area contributed by atoms with E-state index in [1.807, 2.05) is 0 Å². The summed E-state index contributed by atoms with van der Waals surface area (Å²) in [6.45, 7) is 1.32. The SMILES string of the molecule is COC(=O)[C@@]12CNCC[C@H]1CC(=O)/C(=C\O)C2. The third-order valence-corrected chi connectivity index (χ3v) is 3.94. The predicted octanol–water partition coefficient (Wildman–Crippen LogP) is 0.560. The highest BCUT2D eigenvalue weighted by Gasteiger charge is 2.52. The van der Waals surface area contributed by atoms with Crippen molar-refractivity contribution in [1.29, 1.82) is 0 Å². The standard InChI is InChI=1S/C12H17NO4/c1-17-11(16)12-5-8(6-14)10(15)4-9(12)2-3-13-7-12/h6,9,13-14H,2-5,7H2,1H3/b8-6-/t9-,12-/m0/s1. The third-order valence-electron chi connectivity index (χ3n) is 3.94. The molecule has 0 unspecified atom stereocenters. The van der Waals surface area contributed by atoms with Gasteiger partial charge in [-0.25, -0.2) is 0 Å². The van der Waals surface area contributed by atoms with E-state index in [-0.39, 0.29) is 24.1 Å². The molecule has 2 aliphatic rings. The van der Waals surface area contributed by atoms with Crippen molar-refractivity contribution >= 4 is 11.8 Å². The molecule has 17 heavy (non-hydrogen) atoms. The number of aliphatic hydroxyl groups is 1. The van der Waals surface area contributed by atoms with Crippen molar-refractivity contribution in [2.45, 2.75) is 19.3 Å². The Kier molecular flexibility index (Phi) is 3.19. The van der Waals surface area contributed by atoms with Gasteiger partial charge < -0.3 is 15.2 Å². The molecule has 1 heterocycles. The maximum absolute atomic E-state index is 12.0. The number of ether oxygens (including phenoxy) is 1. The second-order valence-electron chi connectivity index (χ2n) is 4.77. The van der Waals surface area contributed by atoms with Crippen LogP contribution in [0.5, 0.6) is 0 Å². The average Bonchev–Trinajstić information content (AvgIpc) is 2.37. The van der Waals surface area contributed by atoms with E-state index in [9.17, 15) is 9.59 Å². The summed E-state index contributed by atoms with van der Waals surface area (Å²) in [7, 11) is 1.36. The van der Waals surface area contributed by atoms with Crippen LogP contribution in [0.1, 0.15) is 19.3 Å². The molecule has 0 radical (unpaired) electrons. The number of Topliss-reactive ketones (excluding diaryl/α,β-unsaturated/α-hetero) is 1. The number of nitrogens with one attached hydrogen (secondary N) is 1. The lowest BCUT2D eigenvalue weighted by Gasteiger charge is -2.45. The molecule has 1 aliphatic carbocycles. The zero-order valence-corrected chi connectivity index (χ0v) is 9.86. The molecule has 5 heteroatoms. The molecule has 1 saturated heterocycles. The number of methoxy groups -OCH3 is 1. The maximum Gasteiger partial charge on any atom is 0.313 e. The van der Waals surface area contributed by atoms with Gasteiger partial charge in [0.2, 0.25) is 0 Å². The van der Waals surface area contributed by atoms with E-state index in [2.05, 4.69) is 5.32 Å². The Balaban J connectivity index is 2.35. The Morgan fingerprint density at radius 3 is 3.06 bits per heavy atom. The van der Waals surface area contributed by atoms with Crippen molar-refractivity contribution in [3.05, 3.63) is 11.8 Å². The molecule has 0 aromatic carbocycles. The molecule has 94 valence electrons. The monoisotopic (exact) mass is 239 g/mol. The van der Waals surface area contributed by atoms with Crippen molar-refractivity contribution in [3.8, 4) is 0 Å². The minimum Gasteiger partial charge on any atom is -0.515 e. The van der Waals surface area contributed by atoms with Crippen LogP contribution in [0.25, 0.3) is 0 Å². The summed E-state index contributed by atoms with van der Waals surface area (Å²) in [6.07, 6.45) is 2.22. The number of carbonyl (C=O) groups excluding carboxylic acids is 2. The molecule has 2 rings (SSSR count). The highest BCUT2D eigenvalue weighted by atomic mass is 16.5. The van der Waals surface area contributed by atoms with Crippen LogP contribution in [-0.2, 0) is 14.3 Å². The van der Waals surface area contributed by atoms with E-state index in [1.165, 1.54) is 7.11 Å². The number of allylic oxidation sites excluding steroid dienone is 1. The van der Waals surface area contributed by atoms with Crippen LogP contribution in [0.2, 0.25) is 0 Å². The lowest BCUT2D eigenvalue weighted by molar-refractivity contribution is -0.159. The van der Waals surface area contributed by atoms with Crippen LogP contribution in [0.15, 0.2) is 11.8 Å². The van der Waals surface area contributed by atoms with Crippen LogP contribution in [0.3, 0.4) is 0 Å². The molecule has 0 aromatic rings. The van der Waals surface area contributed by atoms with Crippen LogP contribution in [0.4, 0.5) is 0 Å². The summed E-state index contributed by atoms with van der Waals surface area (Å²) in [5.41, 5.74) is -0.356. The van der Waals surface area contributed by atoms with E-state index in [0.717, 1.165) is 19.2 Å². The molecule has 1 aliphatic heterocycles. The number of esters is 1. The van der Waals surface area contributed by atoms with Crippen LogP contribution < -0.4 is 5.32 Å². The second kappa shape index (κ2) is 4.49. The van der Waals surface area contributed by atoms with E-state index in [1.54, 1.807) is 0 Å². The van der Waals surface area contributed by atoms with Gasteiger partial charge in [0, 0.05) is 18.5 Å². The van der Waals surface area contributed by atoms with Gasteiger partial charge in [-0.1, -0.05) is 0 Å². The van der Waals surface area contributed by atoms with Crippen LogP contribution in [-0.4, -0.2) is 37.1 Å². The van der Waals surface area contributed by atoms with Gasteiger partial charge in [0.15, 0.2) is 5.78 Å². The first-order valence-corrected chi connectivity index (χ1v) is 5.79. The van der Waals surface area contributed by atoms with Crippen molar-refractivity contribution in [2.24, 2.45) is 11.3 Å². The van der Waals surface area contributed by atoms with Gasteiger partial charge in [0.1, 0.15) is 0 Å². The Morgan fingerprint density at radius 2 is 2.41 bits per heavy atom. The Labute approximate surface area is 99.8 Å². The number of hydrogen-bond donors (Lipinski definition) is 2. The number of hydrogen-bond acceptors (Lipinski definition) is 5. The molecule has 0 spiro atoms. The van der Waals surface area contributed by atoms with Gasteiger partial charge in [-0.2, -0.15) is 0 Å². The molecule has 0 bridgehead atoms. The average molecular weight is 239 g/mol. The Hall–Kier alpha value is -1.36. The number of aliphatic hydroxyl groups excluding tert-OH is 1. The maximum atomic E-state index is 12.0. The lowest BCUT2D eigenvalue weighted by atomic mass is 9.61. The molecule has 0 amide bonds. The summed E-state index contributed by atoms with van der Waals surface area (Å²) in [5, 5.41) is 12.2. The largest absolute Gasteiger partial charge is 0.515 e. The van der Waals surface area contributed by atoms with Gasteiger partial charge in [0.25, 0.3) is 0 Å². The smallest absolute Gasteiger partial charge is 0.313 e. The summed E-state index contributed by atoms with van der Waals surface area (Å²) in [4.78, 5) is 23.7. The normalized spacial score (nSPS) is 35.5. The van der Waals surface area contributed by atoms with E-state index < -0.39 is 5.41 Å². The number of ketones is 1. The van der Waals surface area contributed by atoms with E-state index in [0.29, 0.717) is 18.5 Å². The van der Waals surface area contributed by atoms with Gasteiger partial charge in [-0.05, 0) is 25.3 Å². The molecule has 2 atom stereocenters. The van der Waals surface area contributed by atoms with E-state index in [4.69, 9.17) is 9.84 Å². The number of piperidine rings is 1. The first kappa shape index (κ1) is 12.1. The van der Waals surface area contributed by atoms with E-state index >= 15 is 0 Å². The second-order valence-corrected chi connectivity index (χ2v) is 4.77. The molecule has 0 aromatic heterocycles. The minimum atomic E-state index is -0.685. The zero-order valence-electron chi connectivity index (χ0n) is 9.86. The van der Waals surface area contributed by atoms with Gasteiger partial charge >= 0.3 is 5.97 Å². The van der Waals surface area contributed by atoms with Gasteiger partial charge in [-0.15, -0.1) is 0 Å². The molecule has 2 N–H and O–H groups in total. The minimum absolute atomic E-state index is 0.0207. The molecule has 1 saturated carbocycles. The summed E-state index contributed by atoms with van der Waals surface area (Å²) in [5.74, 6) is -0.326. The van der Waals surface area contributed by atoms with Crippen LogP contribution in [0, 0.1) is 11.3 Å². The highest BCUT2D eigenvalue weighted by molar-refractivity contribution is 5.98. The summed E-state index contributed by atoms with van der Waals surface area (Å²) < 4.78 is 4.88. The fourth-order valence-corrected chi connectivity index (χ4v) is 2.94. The number of fused-ring (bicyclic) bond motifs is 1. The Bertz CT molecular complexity index is 377. The van der Waals surface area contributed by atoms with Crippen molar-refractivity contribution in [1.82, 2.24) is 5.32 Å². The highest BCUT2D eigenvalue weighted by Crippen LogP contribution is 2.45. The van der Waals surface area contributed by atoms with Gasteiger partial charge in [0.05, 0.1) is 18.8 Å². The first-order chi connectivity index (χ1) is 8.14. The van der Waals surface area contributed by atoms with Crippen molar-refractivity contribution in [3.63, 3.8) is 0 Å². The van der Waals surface area contributed by atoms with Crippen molar-refractivity contribution in [2.75, 3.05) is 20.2 Å². The lowest BCUT2D eigenvalue weighted by Crippen LogP contribution is -2.55. The predicted molar refractivity (Wildman–Crippen MR) is 60.4 cm³/mol. The fourth-order valence-electron chi connectivity index (χ4n) is 2.94. The Morgan fingerprint density at radius 1 is 1.65 bits per heavy atom. The topological polar surface area (TPSA) is 75.6 Å². The first-order valence-electron chi connectivity index (χ1n) is 5.79. The third kappa shape index (κ3) is 1.84. The number of carbonyl (C=O) groups is 2. The van der Waals surface area contributed by atoms with Crippen molar-refractivity contribution < 1.29 is 19.4 Å². The van der Waals surface area contributed by atoms with Crippen LogP contribution >= 0.6 is 0 Å². The fraction of sp³-hybridized carbons (Fsp3) is 0.667. The molecular weight excluding hydrogens is 222 g/mol. The number of rotatable bonds is 1. The summed E-state index contributed by atoms with van der Waals surface area (Å²) >= 11 is 0. The summed E-state index contributed by atoms with van der Waals surface area (Å²) in [6, 6.07) is 0. The molecular formula is C12H17NO4. The molecule has 5 nitrogen and oxygen atoms in total. The zero-order chi connectivity index (χ0) is 12.5. The van der Waals surface area contributed by atoms with Gasteiger partial charge in [-0.3, -0.25) is 9.59 Å². The quantitative estimate of drug-likeness (QED) is 0.397. The molecule has 2 fully saturated rings.